The van der Waals surface area contributed by atoms with Gasteiger partial charge in [-0.1, -0.05) is 35.4 Å². The summed E-state index contributed by atoms with van der Waals surface area (Å²) < 4.78 is 19.7. The lowest BCUT2D eigenvalue weighted by Crippen LogP contribution is -2.10. The Morgan fingerprint density at radius 1 is 1.19 bits per heavy atom. The monoisotopic (exact) mass is 407 g/mol. The summed E-state index contributed by atoms with van der Waals surface area (Å²) in [5.41, 5.74) is 6.54. The summed E-state index contributed by atoms with van der Waals surface area (Å²) in [6, 6.07) is 7.50. The molecular weight excluding hydrogens is 400 g/mol. The Morgan fingerprint density at radius 2 is 1.90 bits per heavy atom. The first-order chi connectivity index (χ1) is 9.86. The molecule has 0 aliphatic heterocycles. The van der Waals surface area contributed by atoms with Gasteiger partial charge in [0.1, 0.15) is 23.2 Å². The van der Waals surface area contributed by atoms with Gasteiger partial charge < -0.3 is 10.5 Å². The van der Waals surface area contributed by atoms with E-state index in [4.69, 9.17) is 45.9 Å². The summed E-state index contributed by atoms with van der Waals surface area (Å²) in [5.74, 6) is -0.0233. The highest BCUT2D eigenvalue weighted by molar-refractivity contribution is 9.10. The van der Waals surface area contributed by atoms with Gasteiger partial charge in [0, 0.05) is 16.1 Å². The molecule has 0 aliphatic carbocycles. The van der Waals surface area contributed by atoms with Crippen molar-refractivity contribution in [1.29, 1.82) is 0 Å². The molecule has 0 fully saturated rings. The molecule has 21 heavy (non-hydrogen) atoms. The van der Waals surface area contributed by atoms with E-state index >= 15 is 0 Å². The van der Waals surface area contributed by atoms with Crippen LogP contribution in [0.4, 0.5) is 4.39 Å². The average Bonchev–Trinajstić information content (AvgIpc) is 2.40. The van der Waals surface area contributed by atoms with Crippen LogP contribution < -0.4 is 10.5 Å². The Bertz CT molecular complexity index is 712. The predicted molar refractivity (Wildman–Crippen MR) is 90.8 cm³/mol. The van der Waals surface area contributed by atoms with Crippen molar-refractivity contribution in [1.82, 2.24) is 0 Å². The van der Waals surface area contributed by atoms with E-state index in [1.165, 1.54) is 12.1 Å². The van der Waals surface area contributed by atoms with Crippen LogP contribution in [-0.2, 0) is 6.61 Å². The minimum atomic E-state index is -0.432. The summed E-state index contributed by atoms with van der Waals surface area (Å²) in [6.07, 6.45) is 0. The Kier molecular flexibility index (Phi) is 5.43. The molecule has 2 aromatic carbocycles. The van der Waals surface area contributed by atoms with E-state index in [1.54, 1.807) is 18.2 Å². The van der Waals surface area contributed by atoms with Crippen molar-refractivity contribution in [3.8, 4) is 5.75 Å². The summed E-state index contributed by atoms with van der Waals surface area (Å²) in [7, 11) is 0. The maximum atomic E-state index is 13.5. The largest absolute Gasteiger partial charge is 0.487 e. The molecule has 2 rings (SSSR count). The van der Waals surface area contributed by atoms with E-state index in [9.17, 15) is 4.39 Å². The molecule has 0 saturated carbocycles. The van der Waals surface area contributed by atoms with E-state index < -0.39 is 5.82 Å². The summed E-state index contributed by atoms with van der Waals surface area (Å²) in [6.45, 7) is 0.116. The molecule has 110 valence electrons. The van der Waals surface area contributed by atoms with Crippen molar-refractivity contribution in [3.05, 3.63) is 61.8 Å². The van der Waals surface area contributed by atoms with Crippen molar-refractivity contribution in [3.63, 3.8) is 0 Å². The van der Waals surface area contributed by atoms with Gasteiger partial charge >= 0.3 is 0 Å². The Hall–Kier alpha value is -0.880. The molecule has 0 aliphatic rings. The summed E-state index contributed by atoms with van der Waals surface area (Å²) >= 11 is 20.1. The molecule has 0 amide bonds. The van der Waals surface area contributed by atoms with Crippen LogP contribution in [0.15, 0.2) is 34.8 Å². The molecular formula is C14H9BrCl2FNOS. The fraction of sp³-hybridized carbons (Fsp3) is 0.0714. The predicted octanol–water partition coefficient (Wildman–Crippen LogP) is 5.11. The molecule has 0 radical (unpaired) electrons. The molecule has 0 atom stereocenters. The minimum Gasteiger partial charge on any atom is -0.487 e. The van der Waals surface area contributed by atoms with Gasteiger partial charge in [-0.15, -0.1) is 0 Å². The number of ether oxygens (including phenoxy) is 1. The molecule has 2 aromatic rings. The van der Waals surface area contributed by atoms with Crippen LogP contribution >= 0.6 is 51.3 Å². The van der Waals surface area contributed by atoms with E-state index in [1.807, 2.05) is 0 Å². The Labute approximate surface area is 145 Å². The highest BCUT2D eigenvalue weighted by atomic mass is 79.9. The molecule has 0 heterocycles. The van der Waals surface area contributed by atoms with Gasteiger partial charge in [-0.05, 0) is 45.8 Å². The van der Waals surface area contributed by atoms with Crippen LogP contribution in [0, 0.1) is 5.82 Å². The molecule has 0 aromatic heterocycles. The third-order valence-electron chi connectivity index (χ3n) is 2.61. The number of rotatable bonds is 4. The number of thiocarbonyl (C=S) groups is 1. The van der Waals surface area contributed by atoms with Gasteiger partial charge in [-0.25, -0.2) is 4.39 Å². The topological polar surface area (TPSA) is 35.2 Å². The van der Waals surface area contributed by atoms with Gasteiger partial charge in [0.15, 0.2) is 0 Å². The maximum absolute atomic E-state index is 13.5. The second kappa shape index (κ2) is 6.92. The number of hydrogen-bond acceptors (Lipinski definition) is 2. The van der Waals surface area contributed by atoms with Gasteiger partial charge in [-0.3, -0.25) is 0 Å². The number of hydrogen-bond donors (Lipinski definition) is 1. The second-order valence-corrected chi connectivity index (χ2v) is 6.31. The number of nitrogens with two attached hydrogens (primary N) is 1. The third kappa shape index (κ3) is 4.30. The third-order valence-corrected chi connectivity index (χ3v) is 4.34. The van der Waals surface area contributed by atoms with Crippen LogP contribution in [0.1, 0.15) is 11.1 Å². The lowest BCUT2D eigenvalue weighted by atomic mass is 10.1. The zero-order valence-corrected chi connectivity index (χ0v) is 14.4. The molecule has 2 N–H and O–H groups in total. The average molecular weight is 409 g/mol. The first-order valence-electron chi connectivity index (χ1n) is 5.73. The van der Waals surface area contributed by atoms with Crippen molar-refractivity contribution < 1.29 is 9.13 Å². The molecule has 0 bridgehead atoms. The fourth-order valence-corrected chi connectivity index (χ4v) is 2.62. The lowest BCUT2D eigenvalue weighted by Gasteiger charge is -2.10. The molecule has 2 nitrogen and oxygen atoms in total. The second-order valence-electron chi connectivity index (χ2n) is 4.20. The maximum Gasteiger partial charge on any atom is 0.139 e. The molecule has 7 heteroatoms. The highest BCUT2D eigenvalue weighted by Gasteiger charge is 2.08. The first-order valence-corrected chi connectivity index (χ1v) is 7.69. The van der Waals surface area contributed by atoms with Crippen molar-refractivity contribution in [2.45, 2.75) is 6.61 Å². The van der Waals surface area contributed by atoms with E-state index in [2.05, 4.69) is 15.9 Å². The zero-order valence-electron chi connectivity index (χ0n) is 10.5. The lowest BCUT2D eigenvalue weighted by molar-refractivity contribution is 0.305. The molecule has 0 saturated heterocycles. The van der Waals surface area contributed by atoms with Crippen LogP contribution in [0.5, 0.6) is 5.75 Å². The van der Waals surface area contributed by atoms with Crippen LogP contribution in [-0.4, -0.2) is 4.99 Å². The van der Waals surface area contributed by atoms with Crippen LogP contribution in [0.2, 0.25) is 10.0 Å². The van der Waals surface area contributed by atoms with Crippen molar-refractivity contribution in [2.24, 2.45) is 5.73 Å². The Morgan fingerprint density at radius 3 is 2.57 bits per heavy atom. The number of halogens is 4. The van der Waals surface area contributed by atoms with Gasteiger partial charge in [0.2, 0.25) is 0 Å². The first kappa shape index (κ1) is 16.5. The van der Waals surface area contributed by atoms with Gasteiger partial charge in [-0.2, -0.15) is 0 Å². The summed E-state index contributed by atoms with van der Waals surface area (Å²) in [5, 5.41) is 0.870. The Balaban J connectivity index is 2.20. The van der Waals surface area contributed by atoms with Gasteiger partial charge in [0.05, 0.1) is 10.0 Å². The molecule has 0 spiro atoms. The fourth-order valence-electron chi connectivity index (χ4n) is 1.65. The van der Waals surface area contributed by atoms with E-state index in [0.29, 0.717) is 31.4 Å². The minimum absolute atomic E-state index is 0.116. The van der Waals surface area contributed by atoms with Gasteiger partial charge in [0.25, 0.3) is 0 Å². The SMILES string of the molecule is NC(=S)c1cc(F)cc(COc2cc(Cl)c(Br)cc2Cl)c1. The summed E-state index contributed by atoms with van der Waals surface area (Å²) in [4.78, 5) is 0.125. The standard InChI is InChI=1S/C14H9BrCl2FNOS/c15-10-4-12(17)13(5-11(10)16)20-6-7-1-8(14(19)21)3-9(18)2-7/h1-5H,6H2,(H2,19,21). The van der Waals surface area contributed by atoms with Crippen molar-refractivity contribution >= 4 is 56.3 Å². The molecule has 0 unspecified atom stereocenters. The van der Waals surface area contributed by atoms with E-state index in [0.717, 1.165) is 0 Å². The van der Waals surface area contributed by atoms with E-state index in [-0.39, 0.29) is 11.6 Å². The number of benzene rings is 2. The quantitative estimate of drug-likeness (QED) is 0.564. The highest BCUT2D eigenvalue weighted by Crippen LogP contribution is 2.34. The van der Waals surface area contributed by atoms with Crippen LogP contribution in [0.3, 0.4) is 0 Å². The van der Waals surface area contributed by atoms with Crippen LogP contribution in [0.25, 0.3) is 0 Å². The normalized spacial score (nSPS) is 10.5. The van der Waals surface area contributed by atoms with Crippen molar-refractivity contribution in [2.75, 3.05) is 0 Å². The smallest absolute Gasteiger partial charge is 0.139 e. The zero-order chi connectivity index (χ0) is 15.6.